The lowest BCUT2D eigenvalue weighted by atomic mass is 10.2. The molecule has 0 aromatic heterocycles. The molecule has 0 unspecified atom stereocenters. The molecule has 0 heterocycles. The van der Waals surface area contributed by atoms with Crippen LogP contribution in [0.4, 0.5) is 34.1 Å². The van der Waals surface area contributed by atoms with Crippen LogP contribution >= 0.6 is 0 Å². The second kappa shape index (κ2) is 14.6. The summed E-state index contributed by atoms with van der Waals surface area (Å²) in [5.74, 6) is 4.70. The quantitative estimate of drug-likeness (QED) is 0.125. The Morgan fingerprint density at radius 3 is 0.708 bits per heavy atom. The van der Waals surface area contributed by atoms with E-state index in [2.05, 4.69) is 34.1 Å². The van der Waals surface area contributed by atoms with Crippen molar-refractivity contribution in [2.45, 2.75) is 0 Å². The molecule has 0 saturated heterocycles. The average molecular weight is 628 g/mol. The summed E-state index contributed by atoms with van der Waals surface area (Å²) in [4.78, 5) is 0. The lowest BCUT2D eigenvalue weighted by molar-refractivity contribution is 0.482. The van der Waals surface area contributed by atoms with Gasteiger partial charge in [-0.05, 0) is 127 Å². The van der Waals surface area contributed by atoms with Crippen molar-refractivity contribution in [3.63, 3.8) is 0 Å². The first-order valence-corrected chi connectivity index (χ1v) is 15.7. The van der Waals surface area contributed by atoms with E-state index in [0.29, 0.717) is 0 Å². The van der Waals surface area contributed by atoms with Gasteiger partial charge in [-0.15, -0.1) is 0 Å². The van der Waals surface area contributed by atoms with Crippen LogP contribution in [-0.4, -0.2) is 0 Å². The van der Waals surface area contributed by atoms with Crippen LogP contribution in [0.2, 0.25) is 0 Å². The van der Waals surface area contributed by atoms with Gasteiger partial charge in [0.1, 0.15) is 34.5 Å². The minimum absolute atomic E-state index is 0.768. The lowest BCUT2D eigenvalue weighted by Crippen LogP contribution is -1.98. The maximum Gasteiger partial charge on any atom is 0.127 e. The Balaban J connectivity index is 1.09. The van der Waals surface area contributed by atoms with Gasteiger partial charge in [-0.3, -0.25) is 0 Å². The maximum absolute atomic E-state index is 5.97. The van der Waals surface area contributed by atoms with Crippen LogP contribution in [-0.2, 0) is 0 Å². The summed E-state index contributed by atoms with van der Waals surface area (Å²) in [5.41, 5.74) is 5.53. The molecule has 0 amide bonds. The van der Waals surface area contributed by atoms with Crippen molar-refractivity contribution >= 4 is 34.1 Å². The highest BCUT2D eigenvalue weighted by atomic mass is 16.5. The Bertz CT molecular complexity index is 1780. The van der Waals surface area contributed by atoms with Gasteiger partial charge in [0.25, 0.3) is 0 Å². The minimum Gasteiger partial charge on any atom is -0.457 e. The summed E-state index contributed by atoms with van der Waals surface area (Å²) in [6.45, 7) is 0. The van der Waals surface area contributed by atoms with Gasteiger partial charge in [-0.25, -0.2) is 0 Å². The predicted octanol–water partition coefficient (Wildman–Crippen LogP) is 12.3. The van der Waals surface area contributed by atoms with Crippen LogP contribution in [0.25, 0.3) is 0 Å². The summed E-state index contributed by atoms with van der Waals surface area (Å²) in [7, 11) is 0. The predicted molar refractivity (Wildman–Crippen MR) is 195 cm³/mol. The fraction of sp³-hybridized carbons (Fsp3) is 0. The molecular weight excluding hydrogens is 594 g/mol. The van der Waals surface area contributed by atoms with Crippen LogP contribution in [0.1, 0.15) is 0 Å². The molecule has 0 aliphatic carbocycles. The lowest BCUT2D eigenvalue weighted by Gasteiger charge is -2.16. The number of hydrogen-bond acceptors (Lipinski definition) is 6. The van der Waals surface area contributed by atoms with Gasteiger partial charge >= 0.3 is 0 Å². The van der Waals surface area contributed by atoms with Crippen molar-refractivity contribution in [3.8, 4) is 34.5 Å². The van der Waals surface area contributed by atoms with Crippen LogP contribution in [0.3, 0.4) is 0 Å². The molecule has 3 N–H and O–H groups in total. The van der Waals surface area contributed by atoms with Crippen LogP contribution in [0, 0.1) is 0 Å². The third-order valence-corrected chi connectivity index (χ3v) is 7.30. The summed E-state index contributed by atoms with van der Waals surface area (Å²) < 4.78 is 17.9. The van der Waals surface area contributed by atoms with E-state index >= 15 is 0 Å². The molecule has 6 heteroatoms. The van der Waals surface area contributed by atoms with Crippen LogP contribution < -0.4 is 30.2 Å². The molecule has 0 aliphatic heterocycles. The Kier molecular flexibility index (Phi) is 9.15. The van der Waals surface area contributed by atoms with Crippen molar-refractivity contribution in [3.05, 3.63) is 182 Å². The second-order valence-electron chi connectivity index (χ2n) is 11.0. The Morgan fingerprint density at radius 2 is 0.458 bits per heavy atom. The average Bonchev–Trinajstić information content (AvgIpc) is 3.12. The van der Waals surface area contributed by atoms with Crippen molar-refractivity contribution in [2.75, 3.05) is 16.0 Å². The molecule has 0 saturated carbocycles. The number of para-hydroxylation sites is 3. The van der Waals surface area contributed by atoms with Gasteiger partial charge in [-0.1, -0.05) is 54.6 Å². The summed E-state index contributed by atoms with van der Waals surface area (Å²) in [6, 6.07) is 59.2. The standard InChI is InChI=1S/C42H33N3O3/c1-4-10-37(11-5-1)46-40-22-16-31(17-23-40)43-34-28-35(44-32-18-24-41(25-19-32)47-38-12-6-2-7-13-38)30-36(29-34)45-33-20-26-42(27-21-33)48-39-14-8-3-9-15-39/h1-30,43-45H. The highest BCUT2D eigenvalue weighted by molar-refractivity contribution is 5.76. The fourth-order valence-corrected chi connectivity index (χ4v) is 5.04. The van der Waals surface area contributed by atoms with E-state index in [1.54, 1.807) is 0 Å². The largest absolute Gasteiger partial charge is 0.457 e. The highest BCUT2D eigenvalue weighted by Crippen LogP contribution is 2.32. The van der Waals surface area contributed by atoms with E-state index in [9.17, 15) is 0 Å². The normalized spacial score (nSPS) is 10.5. The molecule has 0 spiro atoms. The molecule has 6 nitrogen and oxygen atoms in total. The first kappa shape index (κ1) is 30.0. The number of nitrogens with one attached hydrogen (secondary N) is 3. The van der Waals surface area contributed by atoms with E-state index in [0.717, 1.165) is 68.6 Å². The third-order valence-electron chi connectivity index (χ3n) is 7.30. The smallest absolute Gasteiger partial charge is 0.127 e. The summed E-state index contributed by atoms with van der Waals surface area (Å²) in [5, 5.41) is 10.6. The molecule has 0 bridgehead atoms. The van der Waals surface area contributed by atoms with Crippen LogP contribution in [0.15, 0.2) is 182 Å². The molecule has 7 aromatic rings. The topological polar surface area (TPSA) is 63.8 Å². The van der Waals surface area contributed by atoms with Crippen molar-refractivity contribution < 1.29 is 14.2 Å². The van der Waals surface area contributed by atoms with E-state index in [-0.39, 0.29) is 0 Å². The molecule has 0 fully saturated rings. The molecule has 0 radical (unpaired) electrons. The van der Waals surface area contributed by atoms with Gasteiger partial charge in [0, 0.05) is 34.1 Å². The van der Waals surface area contributed by atoms with Gasteiger partial charge in [0.2, 0.25) is 0 Å². The zero-order chi connectivity index (χ0) is 32.4. The number of hydrogen-bond donors (Lipinski definition) is 3. The zero-order valence-corrected chi connectivity index (χ0v) is 26.0. The molecule has 48 heavy (non-hydrogen) atoms. The number of rotatable bonds is 12. The Labute approximate surface area is 280 Å². The molecule has 234 valence electrons. The highest BCUT2D eigenvalue weighted by Gasteiger charge is 2.07. The number of ether oxygens (including phenoxy) is 3. The minimum atomic E-state index is 0.768. The van der Waals surface area contributed by atoms with E-state index < -0.39 is 0 Å². The monoisotopic (exact) mass is 627 g/mol. The molecule has 7 aromatic carbocycles. The van der Waals surface area contributed by atoms with Crippen molar-refractivity contribution in [2.24, 2.45) is 0 Å². The van der Waals surface area contributed by atoms with Gasteiger partial charge in [-0.2, -0.15) is 0 Å². The van der Waals surface area contributed by atoms with E-state index in [1.807, 2.05) is 164 Å². The Hall–Kier alpha value is -6.66. The van der Waals surface area contributed by atoms with Crippen LogP contribution in [0.5, 0.6) is 34.5 Å². The SMILES string of the molecule is c1ccc(Oc2ccc(Nc3cc(Nc4ccc(Oc5ccccc5)cc4)cc(Nc4ccc(Oc5ccccc5)cc4)c3)cc2)cc1. The first-order valence-electron chi connectivity index (χ1n) is 15.7. The molecule has 0 aliphatic rings. The first-order chi connectivity index (χ1) is 23.7. The summed E-state index contributed by atoms with van der Waals surface area (Å²) in [6.07, 6.45) is 0. The summed E-state index contributed by atoms with van der Waals surface area (Å²) >= 11 is 0. The van der Waals surface area contributed by atoms with Crippen molar-refractivity contribution in [1.29, 1.82) is 0 Å². The third kappa shape index (κ3) is 8.33. The maximum atomic E-state index is 5.97. The van der Waals surface area contributed by atoms with Gasteiger partial charge in [0.15, 0.2) is 0 Å². The molecule has 7 rings (SSSR count). The van der Waals surface area contributed by atoms with Gasteiger partial charge < -0.3 is 30.2 Å². The Morgan fingerprint density at radius 1 is 0.229 bits per heavy atom. The second-order valence-corrected chi connectivity index (χ2v) is 11.0. The zero-order valence-electron chi connectivity index (χ0n) is 26.0. The number of benzene rings is 7. The molecule has 0 atom stereocenters. The fourth-order valence-electron chi connectivity index (χ4n) is 5.04. The van der Waals surface area contributed by atoms with Gasteiger partial charge in [0.05, 0.1) is 0 Å². The molecular formula is C42H33N3O3. The van der Waals surface area contributed by atoms with E-state index in [4.69, 9.17) is 14.2 Å². The van der Waals surface area contributed by atoms with E-state index in [1.165, 1.54) is 0 Å². The number of anilines is 6. The van der Waals surface area contributed by atoms with Crippen molar-refractivity contribution in [1.82, 2.24) is 0 Å².